The minimum Gasteiger partial charge on any atom is -0.395 e. The summed E-state index contributed by atoms with van der Waals surface area (Å²) in [7, 11) is 0. The summed E-state index contributed by atoms with van der Waals surface area (Å²) in [5, 5.41) is 21.9. The van der Waals surface area contributed by atoms with Gasteiger partial charge in [0.25, 0.3) is 5.91 Å². The fourth-order valence-corrected chi connectivity index (χ4v) is 3.92. The van der Waals surface area contributed by atoms with E-state index in [0.717, 1.165) is 21.9 Å². The fourth-order valence-electron chi connectivity index (χ4n) is 2.39. The standard InChI is InChI=1S/C15H17N3O2S2/c19-6-5-16-10-15(20)18-12(14-4-2-8-22-14)9-11(17-18)13-3-1-7-21-13/h1-4,7-8,12,16,19H,5-6,9-10H2/t12-/m0/s1. The van der Waals surface area contributed by atoms with Crippen molar-refractivity contribution in [1.29, 1.82) is 0 Å². The SMILES string of the molecule is O=C(CNCCO)N1N=C(c2cccs2)C[C@H]1c1cccs1. The van der Waals surface area contributed by atoms with Crippen molar-refractivity contribution in [2.45, 2.75) is 12.5 Å². The van der Waals surface area contributed by atoms with Crippen molar-refractivity contribution in [3.05, 3.63) is 44.8 Å². The second-order valence-electron chi connectivity index (χ2n) is 4.90. The molecule has 2 N–H and O–H groups in total. The van der Waals surface area contributed by atoms with Crippen molar-refractivity contribution in [3.63, 3.8) is 0 Å². The van der Waals surface area contributed by atoms with Crippen LogP contribution in [-0.4, -0.2) is 41.4 Å². The third-order valence-electron chi connectivity index (χ3n) is 3.41. The molecular weight excluding hydrogens is 318 g/mol. The van der Waals surface area contributed by atoms with Gasteiger partial charge in [-0.05, 0) is 22.9 Å². The minimum absolute atomic E-state index is 0.0192. The Kier molecular flexibility index (Phi) is 4.99. The number of amides is 1. The van der Waals surface area contributed by atoms with E-state index < -0.39 is 0 Å². The van der Waals surface area contributed by atoms with E-state index in [0.29, 0.717) is 6.54 Å². The van der Waals surface area contributed by atoms with Crippen LogP contribution in [0.2, 0.25) is 0 Å². The number of aliphatic hydroxyl groups is 1. The molecule has 0 aromatic carbocycles. The van der Waals surface area contributed by atoms with Crippen LogP contribution in [0.5, 0.6) is 0 Å². The van der Waals surface area contributed by atoms with Crippen molar-refractivity contribution in [1.82, 2.24) is 10.3 Å². The summed E-state index contributed by atoms with van der Waals surface area (Å²) in [6.45, 7) is 0.611. The highest BCUT2D eigenvalue weighted by Gasteiger charge is 2.33. The highest BCUT2D eigenvalue weighted by Crippen LogP contribution is 2.35. The number of carbonyl (C=O) groups excluding carboxylic acids is 1. The van der Waals surface area contributed by atoms with Crippen LogP contribution in [0.1, 0.15) is 22.2 Å². The highest BCUT2D eigenvalue weighted by atomic mass is 32.1. The van der Waals surface area contributed by atoms with Crippen molar-refractivity contribution in [3.8, 4) is 0 Å². The maximum absolute atomic E-state index is 12.4. The predicted molar refractivity (Wildman–Crippen MR) is 89.3 cm³/mol. The Labute approximate surface area is 136 Å². The van der Waals surface area contributed by atoms with Gasteiger partial charge in [-0.15, -0.1) is 22.7 Å². The third-order valence-corrected chi connectivity index (χ3v) is 5.30. The van der Waals surface area contributed by atoms with Gasteiger partial charge in [-0.2, -0.15) is 5.10 Å². The van der Waals surface area contributed by atoms with Gasteiger partial charge in [0.2, 0.25) is 0 Å². The van der Waals surface area contributed by atoms with Crippen molar-refractivity contribution >= 4 is 34.3 Å². The quantitative estimate of drug-likeness (QED) is 0.794. The number of carbonyl (C=O) groups is 1. The molecule has 3 heterocycles. The molecule has 7 heteroatoms. The number of nitrogens with one attached hydrogen (secondary N) is 1. The summed E-state index contributed by atoms with van der Waals surface area (Å²) in [6.07, 6.45) is 0.743. The Morgan fingerprint density at radius 1 is 1.36 bits per heavy atom. The molecule has 0 fully saturated rings. The van der Waals surface area contributed by atoms with Crippen molar-refractivity contribution in [2.75, 3.05) is 19.7 Å². The van der Waals surface area contributed by atoms with Crippen LogP contribution in [0.4, 0.5) is 0 Å². The molecule has 2 aromatic rings. The Bertz CT molecular complexity index is 638. The van der Waals surface area contributed by atoms with Gasteiger partial charge in [-0.3, -0.25) is 4.79 Å². The van der Waals surface area contributed by atoms with E-state index in [1.807, 2.05) is 35.0 Å². The van der Waals surface area contributed by atoms with Gasteiger partial charge in [0.15, 0.2) is 0 Å². The number of thiophene rings is 2. The number of hydrazone groups is 1. The molecular formula is C15H17N3O2S2. The van der Waals surface area contributed by atoms with E-state index in [1.54, 1.807) is 27.7 Å². The van der Waals surface area contributed by atoms with E-state index in [9.17, 15) is 4.79 Å². The van der Waals surface area contributed by atoms with Crippen LogP contribution in [0.25, 0.3) is 0 Å². The van der Waals surface area contributed by atoms with Crippen LogP contribution in [0.15, 0.2) is 40.1 Å². The minimum atomic E-state index is -0.0709. The largest absolute Gasteiger partial charge is 0.395 e. The monoisotopic (exact) mass is 335 g/mol. The first-order valence-electron chi connectivity index (χ1n) is 7.08. The summed E-state index contributed by atoms with van der Waals surface area (Å²) < 4.78 is 0. The lowest BCUT2D eigenvalue weighted by Gasteiger charge is -2.20. The molecule has 5 nitrogen and oxygen atoms in total. The van der Waals surface area contributed by atoms with Crippen LogP contribution < -0.4 is 5.32 Å². The molecule has 22 heavy (non-hydrogen) atoms. The molecule has 0 spiro atoms. The normalized spacial score (nSPS) is 17.8. The molecule has 1 atom stereocenters. The molecule has 0 bridgehead atoms. The summed E-state index contributed by atoms with van der Waals surface area (Å²) in [4.78, 5) is 14.7. The topological polar surface area (TPSA) is 64.9 Å². The van der Waals surface area contributed by atoms with Gasteiger partial charge in [-0.1, -0.05) is 12.1 Å². The Morgan fingerprint density at radius 3 is 2.86 bits per heavy atom. The number of aliphatic hydroxyl groups excluding tert-OH is 1. The smallest absolute Gasteiger partial charge is 0.257 e. The van der Waals surface area contributed by atoms with E-state index in [4.69, 9.17) is 5.11 Å². The number of hydrogen-bond donors (Lipinski definition) is 2. The third kappa shape index (κ3) is 3.27. The second-order valence-corrected chi connectivity index (χ2v) is 6.82. The van der Waals surface area contributed by atoms with E-state index in [-0.39, 0.29) is 25.1 Å². The maximum Gasteiger partial charge on any atom is 0.257 e. The average molecular weight is 335 g/mol. The lowest BCUT2D eigenvalue weighted by atomic mass is 10.1. The summed E-state index contributed by atoms with van der Waals surface area (Å²) in [5.74, 6) is -0.0709. The first-order valence-corrected chi connectivity index (χ1v) is 8.84. The number of hydrogen-bond acceptors (Lipinski definition) is 6. The number of rotatable bonds is 6. The van der Waals surface area contributed by atoms with E-state index in [1.165, 1.54) is 0 Å². The zero-order valence-corrected chi connectivity index (χ0v) is 13.6. The van der Waals surface area contributed by atoms with E-state index in [2.05, 4.69) is 10.4 Å². The van der Waals surface area contributed by atoms with Gasteiger partial charge in [0.05, 0.1) is 29.8 Å². The first-order chi connectivity index (χ1) is 10.8. The molecule has 3 rings (SSSR count). The van der Waals surface area contributed by atoms with Crippen LogP contribution in [0.3, 0.4) is 0 Å². The lowest BCUT2D eigenvalue weighted by Crippen LogP contribution is -2.36. The molecule has 1 amide bonds. The Balaban J connectivity index is 1.79. The molecule has 2 aromatic heterocycles. The fraction of sp³-hybridized carbons (Fsp3) is 0.333. The molecule has 0 radical (unpaired) electrons. The zero-order chi connectivity index (χ0) is 15.4. The van der Waals surface area contributed by atoms with Gasteiger partial charge in [0, 0.05) is 17.8 Å². The van der Waals surface area contributed by atoms with Gasteiger partial charge < -0.3 is 10.4 Å². The summed E-state index contributed by atoms with van der Waals surface area (Å²) >= 11 is 3.29. The molecule has 1 aliphatic heterocycles. The highest BCUT2D eigenvalue weighted by molar-refractivity contribution is 7.12. The van der Waals surface area contributed by atoms with Gasteiger partial charge in [-0.25, -0.2) is 5.01 Å². The average Bonchev–Trinajstić information content (AvgIpc) is 3.26. The van der Waals surface area contributed by atoms with Crippen molar-refractivity contribution < 1.29 is 9.90 Å². The Hall–Kier alpha value is -1.54. The molecule has 0 saturated heterocycles. The maximum atomic E-state index is 12.4. The zero-order valence-electron chi connectivity index (χ0n) is 11.9. The van der Waals surface area contributed by atoms with Gasteiger partial charge >= 0.3 is 0 Å². The second kappa shape index (κ2) is 7.15. The molecule has 1 aliphatic rings. The predicted octanol–water partition coefficient (Wildman–Crippen LogP) is 2.07. The summed E-state index contributed by atoms with van der Waals surface area (Å²) in [5.41, 5.74) is 0.962. The van der Waals surface area contributed by atoms with Crippen LogP contribution in [0, 0.1) is 0 Å². The van der Waals surface area contributed by atoms with Crippen LogP contribution >= 0.6 is 22.7 Å². The molecule has 0 saturated carbocycles. The van der Waals surface area contributed by atoms with Crippen LogP contribution in [-0.2, 0) is 4.79 Å². The van der Waals surface area contributed by atoms with Crippen molar-refractivity contribution in [2.24, 2.45) is 5.10 Å². The molecule has 0 unspecified atom stereocenters. The van der Waals surface area contributed by atoms with E-state index >= 15 is 0 Å². The Morgan fingerprint density at radius 2 is 2.18 bits per heavy atom. The van der Waals surface area contributed by atoms with Gasteiger partial charge in [0.1, 0.15) is 0 Å². The number of nitrogens with zero attached hydrogens (tertiary/aromatic N) is 2. The molecule has 116 valence electrons. The lowest BCUT2D eigenvalue weighted by molar-refractivity contribution is -0.131. The molecule has 0 aliphatic carbocycles. The summed E-state index contributed by atoms with van der Waals surface area (Å²) in [6, 6.07) is 8.04. The first kappa shape index (κ1) is 15.4.